The Labute approximate surface area is 135 Å². The highest BCUT2D eigenvalue weighted by Gasteiger charge is 2.28. The van der Waals surface area contributed by atoms with Crippen LogP contribution in [0.3, 0.4) is 0 Å². The molecule has 0 spiro atoms. The smallest absolute Gasteiger partial charge is 0.257 e. The van der Waals surface area contributed by atoms with E-state index >= 15 is 0 Å². The summed E-state index contributed by atoms with van der Waals surface area (Å²) in [5, 5.41) is 20.8. The van der Waals surface area contributed by atoms with E-state index in [1.165, 1.54) is 0 Å². The van der Waals surface area contributed by atoms with Crippen molar-refractivity contribution in [3.8, 4) is 11.5 Å². The molecule has 7 nitrogen and oxygen atoms in total. The summed E-state index contributed by atoms with van der Waals surface area (Å²) >= 11 is 0. The van der Waals surface area contributed by atoms with Gasteiger partial charge >= 0.3 is 0 Å². The molecule has 1 fully saturated rings. The van der Waals surface area contributed by atoms with E-state index in [1.54, 1.807) is 0 Å². The molecule has 1 aromatic carbocycles. The van der Waals surface area contributed by atoms with Crippen molar-refractivity contribution in [2.75, 3.05) is 39.4 Å². The van der Waals surface area contributed by atoms with E-state index in [2.05, 4.69) is 20.8 Å². The number of rotatable bonds is 6. The topological polar surface area (TPSA) is 92.4 Å². The maximum Gasteiger partial charge on any atom is 0.257 e. The average Bonchev–Trinajstić information content (AvgIpc) is 2.94. The third kappa shape index (κ3) is 4.59. The van der Waals surface area contributed by atoms with Crippen LogP contribution < -0.4 is 10.6 Å². The third-order valence-electron chi connectivity index (χ3n) is 3.72. The number of nitrogens with one attached hydrogen (secondary N) is 2. The van der Waals surface area contributed by atoms with E-state index in [-0.39, 0.29) is 0 Å². The number of hydrogen-bond acceptors (Lipinski definition) is 7. The van der Waals surface area contributed by atoms with Gasteiger partial charge in [0.2, 0.25) is 0 Å². The lowest BCUT2D eigenvalue weighted by molar-refractivity contribution is -0.0261. The van der Waals surface area contributed by atoms with Crippen LogP contribution in [0.25, 0.3) is 11.5 Å². The minimum Gasteiger partial charge on any atom is -0.385 e. The van der Waals surface area contributed by atoms with Gasteiger partial charge in [0.15, 0.2) is 5.82 Å². The molecule has 3 rings (SSSR count). The van der Waals surface area contributed by atoms with Gasteiger partial charge in [-0.1, -0.05) is 23.4 Å². The molecule has 2 aromatic rings. The van der Waals surface area contributed by atoms with Crippen LogP contribution in [0.4, 0.5) is 0 Å². The first-order chi connectivity index (χ1) is 11.3. The molecular weight excluding hydrogens is 296 g/mol. The molecule has 1 atom stereocenters. The quantitative estimate of drug-likeness (QED) is 0.656. The molecule has 0 saturated carbocycles. The monoisotopic (exact) mass is 318 g/mol. The zero-order chi connectivity index (χ0) is 16.0. The summed E-state index contributed by atoms with van der Waals surface area (Å²) < 4.78 is 10.7. The fourth-order valence-corrected chi connectivity index (χ4v) is 2.47. The van der Waals surface area contributed by atoms with Crippen LogP contribution in [-0.4, -0.2) is 60.2 Å². The fraction of sp³-hybridized carbons (Fsp3) is 0.500. The third-order valence-corrected chi connectivity index (χ3v) is 3.72. The van der Waals surface area contributed by atoms with E-state index in [0.717, 1.165) is 12.1 Å². The van der Waals surface area contributed by atoms with Crippen molar-refractivity contribution in [2.24, 2.45) is 0 Å². The number of benzene rings is 1. The lowest BCUT2D eigenvalue weighted by atomic mass is 10.1. The van der Waals surface area contributed by atoms with E-state index in [0.29, 0.717) is 51.0 Å². The highest BCUT2D eigenvalue weighted by atomic mass is 16.5. The second-order valence-corrected chi connectivity index (χ2v) is 5.76. The Hall–Kier alpha value is -1.80. The number of hydrogen-bond donors (Lipinski definition) is 3. The van der Waals surface area contributed by atoms with Gasteiger partial charge in [-0.2, -0.15) is 4.98 Å². The zero-order valence-electron chi connectivity index (χ0n) is 13.0. The molecule has 0 unspecified atom stereocenters. The molecule has 3 N–H and O–H groups in total. The molecule has 0 aliphatic carbocycles. The first kappa shape index (κ1) is 16.1. The summed E-state index contributed by atoms with van der Waals surface area (Å²) in [6.07, 6.45) is 0.640. The van der Waals surface area contributed by atoms with Crippen LogP contribution >= 0.6 is 0 Å². The predicted molar refractivity (Wildman–Crippen MR) is 84.9 cm³/mol. The molecule has 0 bridgehead atoms. The first-order valence-electron chi connectivity index (χ1n) is 7.85. The zero-order valence-corrected chi connectivity index (χ0v) is 13.0. The average molecular weight is 318 g/mol. The van der Waals surface area contributed by atoms with Gasteiger partial charge in [0.25, 0.3) is 5.89 Å². The molecule has 124 valence electrons. The standard InChI is InChI=1S/C16H22N4O3/c21-16(11-18-8-9-22-12-16)10-17-7-6-14-19-15(23-20-14)13-4-2-1-3-5-13/h1-5,17-18,21H,6-12H2/t16-/m1/s1. The van der Waals surface area contributed by atoms with Crippen molar-refractivity contribution in [1.29, 1.82) is 0 Å². The van der Waals surface area contributed by atoms with Crippen LogP contribution in [-0.2, 0) is 11.2 Å². The van der Waals surface area contributed by atoms with Gasteiger partial charge in [-0.25, -0.2) is 0 Å². The van der Waals surface area contributed by atoms with Crippen molar-refractivity contribution < 1.29 is 14.4 Å². The van der Waals surface area contributed by atoms with Gasteiger partial charge in [0, 0.05) is 38.2 Å². The molecule has 23 heavy (non-hydrogen) atoms. The Kier molecular flexibility index (Phi) is 5.35. The van der Waals surface area contributed by atoms with Gasteiger partial charge in [-0.15, -0.1) is 0 Å². The largest absolute Gasteiger partial charge is 0.385 e. The summed E-state index contributed by atoms with van der Waals surface area (Å²) in [6, 6.07) is 9.68. The van der Waals surface area contributed by atoms with Crippen molar-refractivity contribution in [1.82, 2.24) is 20.8 Å². The summed E-state index contributed by atoms with van der Waals surface area (Å²) in [6.45, 7) is 3.40. The van der Waals surface area contributed by atoms with E-state index in [1.807, 2.05) is 30.3 Å². The van der Waals surface area contributed by atoms with Crippen LogP contribution in [0.15, 0.2) is 34.9 Å². The number of nitrogens with zero attached hydrogens (tertiary/aromatic N) is 2. The Bertz CT molecular complexity index is 594. The summed E-state index contributed by atoms with van der Waals surface area (Å²) in [5.41, 5.74) is 0.0402. The van der Waals surface area contributed by atoms with E-state index in [4.69, 9.17) is 9.26 Å². The molecule has 1 saturated heterocycles. The summed E-state index contributed by atoms with van der Waals surface area (Å²) in [5.74, 6) is 1.18. The summed E-state index contributed by atoms with van der Waals surface area (Å²) in [7, 11) is 0. The molecule has 0 amide bonds. The number of β-amino-alcohol motifs (C(OH)–C–C–N with tert-alkyl or cyclic N) is 1. The highest BCUT2D eigenvalue weighted by molar-refractivity contribution is 5.51. The van der Waals surface area contributed by atoms with Crippen LogP contribution in [0, 0.1) is 0 Å². The molecule has 7 heteroatoms. The van der Waals surface area contributed by atoms with Gasteiger partial charge < -0.3 is 25.0 Å². The van der Waals surface area contributed by atoms with Crippen molar-refractivity contribution >= 4 is 0 Å². The molecule has 2 heterocycles. The highest BCUT2D eigenvalue weighted by Crippen LogP contribution is 2.16. The molecule has 0 radical (unpaired) electrons. The van der Waals surface area contributed by atoms with Gasteiger partial charge in [-0.05, 0) is 12.1 Å². The Morgan fingerprint density at radius 3 is 3.04 bits per heavy atom. The number of aromatic nitrogens is 2. The normalized spacial score (nSPS) is 22.0. The molecule has 1 aliphatic rings. The number of aliphatic hydroxyl groups is 1. The maximum atomic E-state index is 10.4. The lowest BCUT2D eigenvalue weighted by Gasteiger charge is -2.26. The second-order valence-electron chi connectivity index (χ2n) is 5.76. The van der Waals surface area contributed by atoms with E-state index in [9.17, 15) is 5.11 Å². The lowest BCUT2D eigenvalue weighted by Crippen LogP contribution is -2.50. The van der Waals surface area contributed by atoms with Gasteiger partial charge in [0.1, 0.15) is 5.60 Å². The number of ether oxygens (including phenoxy) is 1. The summed E-state index contributed by atoms with van der Waals surface area (Å²) in [4.78, 5) is 4.38. The molecule has 1 aromatic heterocycles. The minimum atomic E-state index is -0.872. The van der Waals surface area contributed by atoms with Gasteiger partial charge in [0.05, 0.1) is 13.2 Å². The van der Waals surface area contributed by atoms with Crippen molar-refractivity contribution in [3.63, 3.8) is 0 Å². The Morgan fingerprint density at radius 1 is 1.30 bits per heavy atom. The minimum absolute atomic E-state index is 0.341. The van der Waals surface area contributed by atoms with Crippen molar-refractivity contribution in [2.45, 2.75) is 12.0 Å². The van der Waals surface area contributed by atoms with Crippen molar-refractivity contribution in [3.05, 3.63) is 36.2 Å². The van der Waals surface area contributed by atoms with Crippen LogP contribution in [0.2, 0.25) is 0 Å². The Balaban J connectivity index is 1.45. The fourth-order valence-electron chi connectivity index (χ4n) is 2.47. The van der Waals surface area contributed by atoms with E-state index < -0.39 is 5.60 Å². The first-order valence-corrected chi connectivity index (χ1v) is 7.85. The maximum absolute atomic E-state index is 10.4. The van der Waals surface area contributed by atoms with Crippen LogP contribution in [0.1, 0.15) is 5.82 Å². The second kappa shape index (κ2) is 7.65. The molecular formula is C16H22N4O3. The Morgan fingerprint density at radius 2 is 2.17 bits per heavy atom. The molecule has 1 aliphatic heterocycles. The van der Waals surface area contributed by atoms with Gasteiger partial charge in [-0.3, -0.25) is 0 Å². The predicted octanol–water partition coefficient (Wildman–Crippen LogP) is 0.220. The SMILES string of the molecule is O[C@]1(CNCCc2noc(-c3ccccc3)n2)CNCCOC1. The van der Waals surface area contributed by atoms with Crippen LogP contribution in [0.5, 0.6) is 0 Å².